The van der Waals surface area contributed by atoms with Crippen molar-refractivity contribution in [3.63, 3.8) is 0 Å². The molecule has 0 bridgehead atoms. The fraction of sp³-hybridized carbons (Fsp3) is 0.0455. The molecule has 0 saturated heterocycles. The second-order valence-electron chi connectivity index (χ2n) is 6.09. The van der Waals surface area contributed by atoms with E-state index >= 15 is 0 Å². The number of hydrazone groups is 1. The van der Waals surface area contributed by atoms with Crippen LogP contribution in [0.1, 0.15) is 15.9 Å². The summed E-state index contributed by atoms with van der Waals surface area (Å²) < 4.78 is 7.13. The van der Waals surface area contributed by atoms with Gasteiger partial charge < -0.3 is 10.1 Å². The Morgan fingerprint density at radius 2 is 1.63 bits per heavy atom. The lowest BCUT2D eigenvalue weighted by Crippen LogP contribution is -2.20. The number of nitrogens with one attached hydrogen (secondary N) is 2. The number of rotatable bonds is 7. The molecule has 30 heavy (non-hydrogen) atoms. The van der Waals surface area contributed by atoms with E-state index < -0.39 is 0 Å². The van der Waals surface area contributed by atoms with E-state index in [1.54, 1.807) is 54.6 Å². The highest BCUT2D eigenvalue weighted by molar-refractivity contribution is 9.10. The van der Waals surface area contributed by atoms with Crippen molar-refractivity contribution in [2.24, 2.45) is 5.10 Å². The summed E-state index contributed by atoms with van der Waals surface area (Å²) >= 11 is 6.68. The lowest BCUT2D eigenvalue weighted by Gasteiger charge is -2.08. The SMILES string of the molecule is O=C(COc1ccc(/C=N\NC(=O)c2ccccc2Br)cc1)Nc1ccc(Br)cc1. The summed E-state index contributed by atoms with van der Waals surface area (Å²) in [5, 5.41) is 6.72. The number of amides is 2. The minimum Gasteiger partial charge on any atom is -0.484 e. The Balaban J connectivity index is 1.47. The van der Waals surface area contributed by atoms with Gasteiger partial charge in [0, 0.05) is 14.6 Å². The van der Waals surface area contributed by atoms with Crippen LogP contribution in [0.2, 0.25) is 0 Å². The van der Waals surface area contributed by atoms with Crippen molar-refractivity contribution < 1.29 is 14.3 Å². The molecular weight excluding hydrogens is 514 g/mol. The predicted molar refractivity (Wildman–Crippen MR) is 124 cm³/mol. The van der Waals surface area contributed by atoms with Crippen LogP contribution in [0, 0.1) is 0 Å². The monoisotopic (exact) mass is 529 g/mol. The second-order valence-corrected chi connectivity index (χ2v) is 7.86. The fourth-order valence-corrected chi connectivity index (χ4v) is 3.13. The molecule has 8 heteroatoms. The lowest BCUT2D eigenvalue weighted by atomic mass is 10.2. The van der Waals surface area contributed by atoms with Gasteiger partial charge in [-0.1, -0.05) is 28.1 Å². The summed E-state index contributed by atoms with van der Waals surface area (Å²) in [6, 6.07) is 21.4. The van der Waals surface area contributed by atoms with E-state index in [0.717, 1.165) is 10.0 Å². The van der Waals surface area contributed by atoms with Gasteiger partial charge in [-0.15, -0.1) is 0 Å². The molecular formula is C22H17Br2N3O3. The van der Waals surface area contributed by atoms with Crippen LogP contribution >= 0.6 is 31.9 Å². The highest BCUT2D eigenvalue weighted by Crippen LogP contribution is 2.16. The smallest absolute Gasteiger partial charge is 0.272 e. The zero-order valence-corrected chi connectivity index (χ0v) is 18.8. The van der Waals surface area contributed by atoms with Crippen LogP contribution in [-0.4, -0.2) is 24.6 Å². The quantitative estimate of drug-likeness (QED) is 0.333. The number of carbonyl (C=O) groups excluding carboxylic acids is 2. The Labute approximate surface area is 190 Å². The third-order valence-corrected chi connectivity index (χ3v) is 5.10. The number of anilines is 1. The summed E-state index contributed by atoms with van der Waals surface area (Å²) in [6.45, 7) is -0.106. The zero-order valence-electron chi connectivity index (χ0n) is 15.6. The van der Waals surface area contributed by atoms with Gasteiger partial charge in [-0.3, -0.25) is 9.59 Å². The maximum atomic E-state index is 12.1. The van der Waals surface area contributed by atoms with Crippen molar-refractivity contribution in [1.82, 2.24) is 5.43 Å². The van der Waals surface area contributed by atoms with Crippen molar-refractivity contribution in [2.45, 2.75) is 0 Å². The minimum absolute atomic E-state index is 0.106. The van der Waals surface area contributed by atoms with E-state index in [0.29, 0.717) is 21.5 Å². The topological polar surface area (TPSA) is 79.8 Å². The molecule has 0 spiro atoms. The molecule has 3 aromatic carbocycles. The van der Waals surface area contributed by atoms with Crippen LogP contribution in [0.15, 0.2) is 86.8 Å². The molecule has 152 valence electrons. The molecule has 2 N–H and O–H groups in total. The van der Waals surface area contributed by atoms with Crippen molar-refractivity contribution >= 4 is 55.6 Å². The first-order valence-electron chi connectivity index (χ1n) is 8.87. The van der Waals surface area contributed by atoms with E-state index in [9.17, 15) is 9.59 Å². The number of ether oxygens (including phenoxy) is 1. The Morgan fingerprint density at radius 1 is 0.933 bits per heavy atom. The maximum Gasteiger partial charge on any atom is 0.272 e. The lowest BCUT2D eigenvalue weighted by molar-refractivity contribution is -0.118. The van der Waals surface area contributed by atoms with Crippen LogP contribution in [0.4, 0.5) is 5.69 Å². The van der Waals surface area contributed by atoms with Crippen molar-refractivity contribution in [3.8, 4) is 5.75 Å². The van der Waals surface area contributed by atoms with Crippen molar-refractivity contribution in [1.29, 1.82) is 0 Å². The first-order chi connectivity index (χ1) is 14.5. The molecule has 0 unspecified atom stereocenters. The molecule has 0 aliphatic heterocycles. The van der Waals surface area contributed by atoms with Crippen LogP contribution in [0.5, 0.6) is 5.75 Å². The molecule has 3 aromatic rings. The van der Waals surface area contributed by atoms with Crippen LogP contribution in [0.25, 0.3) is 0 Å². The van der Waals surface area contributed by atoms with Gasteiger partial charge in [0.1, 0.15) is 5.75 Å². The molecule has 6 nitrogen and oxygen atoms in total. The summed E-state index contributed by atoms with van der Waals surface area (Å²) in [7, 11) is 0. The molecule has 0 radical (unpaired) electrons. The van der Waals surface area contributed by atoms with Gasteiger partial charge in [-0.05, 0) is 82.2 Å². The Hall–Kier alpha value is -2.97. The third kappa shape index (κ3) is 6.53. The Bertz CT molecular complexity index is 1050. The van der Waals surface area contributed by atoms with Gasteiger partial charge in [0.25, 0.3) is 11.8 Å². The van der Waals surface area contributed by atoms with Gasteiger partial charge in [-0.2, -0.15) is 5.10 Å². The zero-order chi connectivity index (χ0) is 21.3. The van der Waals surface area contributed by atoms with Crippen LogP contribution < -0.4 is 15.5 Å². The summed E-state index contributed by atoms with van der Waals surface area (Å²) in [4.78, 5) is 24.1. The van der Waals surface area contributed by atoms with Crippen LogP contribution in [0.3, 0.4) is 0 Å². The van der Waals surface area contributed by atoms with E-state index in [2.05, 4.69) is 47.7 Å². The third-order valence-electron chi connectivity index (χ3n) is 3.88. The second kappa shape index (κ2) is 10.7. The first kappa shape index (κ1) is 21.7. The number of nitrogens with zero attached hydrogens (tertiary/aromatic N) is 1. The molecule has 0 aliphatic rings. The predicted octanol–water partition coefficient (Wildman–Crippen LogP) is 4.99. The van der Waals surface area contributed by atoms with E-state index in [-0.39, 0.29) is 18.4 Å². The molecule has 0 fully saturated rings. The number of hydrogen-bond donors (Lipinski definition) is 2. The maximum absolute atomic E-state index is 12.1. The average molecular weight is 531 g/mol. The normalized spacial score (nSPS) is 10.6. The van der Waals surface area contributed by atoms with E-state index in [1.165, 1.54) is 6.21 Å². The number of halogens is 2. The van der Waals surface area contributed by atoms with Gasteiger partial charge in [0.05, 0.1) is 11.8 Å². The minimum atomic E-state index is -0.310. The Morgan fingerprint density at radius 3 is 2.33 bits per heavy atom. The molecule has 2 amide bonds. The number of carbonyl (C=O) groups is 2. The average Bonchev–Trinajstić information content (AvgIpc) is 2.75. The summed E-state index contributed by atoms with van der Waals surface area (Å²) in [5.74, 6) is -0.0106. The summed E-state index contributed by atoms with van der Waals surface area (Å²) in [5.41, 5.74) is 4.45. The van der Waals surface area contributed by atoms with E-state index in [1.807, 2.05) is 18.2 Å². The molecule has 0 saturated carbocycles. The largest absolute Gasteiger partial charge is 0.484 e. The molecule has 0 heterocycles. The molecule has 0 atom stereocenters. The highest BCUT2D eigenvalue weighted by atomic mass is 79.9. The number of benzene rings is 3. The number of hydrogen-bond acceptors (Lipinski definition) is 4. The van der Waals surface area contributed by atoms with Gasteiger partial charge in [0.15, 0.2) is 6.61 Å². The molecule has 3 rings (SSSR count). The summed E-state index contributed by atoms with van der Waals surface area (Å²) in [6.07, 6.45) is 1.53. The standard InChI is InChI=1S/C22H17Br2N3O3/c23-16-7-9-17(10-8-16)26-21(28)14-30-18-11-5-15(6-12-18)13-25-27-22(29)19-3-1-2-4-20(19)24/h1-13H,14H2,(H,26,28)(H,27,29)/b25-13-. The van der Waals surface area contributed by atoms with Gasteiger partial charge in [0.2, 0.25) is 0 Å². The molecule has 0 aliphatic carbocycles. The van der Waals surface area contributed by atoms with Crippen molar-refractivity contribution in [3.05, 3.63) is 92.9 Å². The first-order valence-corrected chi connectivity index (χ1v) is 10.5. The Kier molecular flexibility index (Phi) is 7.75. The van der Waals surface area contributed by atoms with Gasteiger partial charge >= 0.3 is 0 Å². The highest BCUT2D eigenvalue weighted by Gasteiger charge is 2.07. The van der Waals surface area contributed by atoms with Crippen LogP contribution in [-0.2, 0) is 4.79 Å². The van der Waals surface area contributed by atoms with Gasteiger partial charge in [-0.25, -0.2) is 5.43 Å². The van der Waals surface area contributed by atoms with Crippen molar-refractivity contribution in [2.75, 3.05) is 11.9 Å². The fourth-order valence-electron chi connectivity index (χ4n) is 2.40. The molecule has 0 aromatic heterocycles. The van der Waals surface area contributed by atoms with E-state index in [4.69, 9.17) is 4.74 Å².